The lowest BCUT2D eigenvalue weighted by atomic mass is 10.1. The predicted octanol–water partition coefficient (Wildman–Crippen LogP) is 3.06. The number of hydrogen-bond donors (Lipinski definition) is 2. The monoisotopic (exact) mass is 190 g/mol. The highest BCUT2D eigenvalue weighted by Gasteiger charge is 1.85. The van der Waals surface area contributed by atoms with Crippen molar-refractivity contribution >= 4 is 16.9 Å². The van der Waals surface area contributed by atoms with E-state index >= 15 is 0 Å². The Morgan fingerprint density at radius 2 is 1.00 bits per heavy atom. The van der Waals surface area contributed by atoms with Gasteiger partial charge in [0.15, 0.2) is 0 Å². The van der Waals surface area contributed by atoms with Crippen LogP contribution in [-0.4, -0.2) is 16.4 Å². The second kappa shape index (κ2) is 4.87. The smallest absolute Gasteiger partial charge is 0.450 e. The Hall–Kier alpha value is -2.03. The molecule has 0 amide bonds. The first-order chi connectivity index (χ1) is 6.70. The molecule has 0 fully saturated rings. The van der Waals surface area contributed by atoms with Gasteiger partial charge in [0.25, 0.3) is 0 Å². The number of fused-ring (bicyclic) bond motifs is 1. The van der Waals surface area contributed by atoms with E-state index in [0.29, 0.717) is 0 Å². The first kappa shape index (κ1) is 10.1. The van der Waals surface area contributed by atoms with Crippen molar-refractivity contribution in [3.05, 3.63) is 48.5 Å². The molecule has 0 unspecified atom stereocenters. The molecule has 0 spiro atoms. The zero-order valence-corrected chi connectivity index (χ0v) is 7.42. The quantitative estimate of drug-likeness (QED) is 0.671. The van der Waals surface area contributed by atoms with E-state index < -0.39 is 6.16 Å². The topological polar surface area (TPSA) is 57.5 Å². The van der Waals surface area contributed by atoms with E-state index in [1.54, 1.807) is 0 Å². The third kappa shape index (κ3) is 3.15. The molecule has 0 aliphatic carbocycles. The van der Waals surface area contributed by atoms with Crippen LogP contribution in [0.1, 0.15) is 0 Å². The highest BCUT2D eigenvalue weighted by Crippen LogP contribution is 2.11. The maximum absolute atomic E-state index is 8.56. The van der Waals surface area contributed by atoms with Crippen LogP contribution in [0.4, 0.5) is 4.79 Å². The highest BCUT2D eigenvalue weighted by molar-refractivity contribution is 5.81. The zero-order valence-electron chi connectivity index (χ0n) is 7.42. The Balaban J connectivity index is 0.000000213. The molecule has 2 rings (SSSR count). The van der Waals surface area contributed by atoms with Crippen LogP contribution < -0.4 is 0 Å². The van der Waals surface area contributed by atoms with Crippen LogP contribution in [0.5, 0.6) is 0 Å². The first-order valence-electron chi connectivity index (χ1n) is 4.06. The molecule has 0 saturated carbocycles. The van der Waals surface area contributed by atoms with Crippen molar-refractivity contribution in [2.75, 3.05) is 0 Å². The van der Waals surface area contributed by atoms with Crippen molar-refractivity contribution in [3.63, 3.8) is 0 Å². The van der Waals surface area contributed by atoms with Crippen molar-refractivity contribution in [2.24, 2.45) is 0 Å². The summed E-state index contributed by atoms with van der Waals surface area (Å²) in [4.78, 5) is 8.56. The minimum atomic E-state index is -1.83. The standard InChI is InChI=1S/C10H8.CH2O3/c1-2-6-10-8-4-3-7-9(10)5-1;2-1(3)4/h1-8H;(H2,2,3,4). The van der Waals surface area contributed by atoms with Gasteiger partial charge < -0.3 is 10.2 Å². The molecule has 0 radical (unpaired) electrons. The second-order valence-electron chi connectivity index (χ2n) is 2.63. The van der Waals surface area contributed by atoms with E-state index in [2.05, 4.69) is 48.5 Å². The van der Waals surface area contributed by atoms with Crippen LogP contribution in [0.15, 0.2) is 48.5 Å². The summed E-state index contributed by atoms with van der Waals surface area (Å²) in [6.07, 6.45) is -1.83. The van der Waals surface area contributed by atoms with Crippen LogP contribution in [0.3, 0.4) is 0 Å². The van der Waals surface area contributed by atoms with Gasteiger partial charge in [-0.1, -0.05) is 48.5 Å². The number of carboxylic acid groups (broad SMARTS) is 2. The molecule has 2 aromatic rings. The van der Waals surface area contributed by atoms with Gasteiger partial charge in [-0.2, -0.15) is 0 Å². The van der Waals surface area contributed by atoms with Crippen LogP contribution in [-0.2, 0) is 0 Å². The molecule has 0 aromatic heterocycles. The molecule has 14 heavy (non-hydrogen) atoms. The molecular weight excluding hydrogens is 180 g/mol. The minimum absolute atomic E-state index is 1.31. The molecule has 0 atom stereocenters. The summed E-state index contributed by atoms with van der Waals surface area (Å²) in [5, 5.41) is 16.6. The molecule has 0 heterocycles. The lowest BCUT2D eigenvalue weighted by molar-refractivity contribution is 0.137. The first-order valence-corrected chi connectivity index (χ1v) is 4.06. The van der Waals surface area contributed by atoms with E-state index in [1.165, 1.54) is 10.8 Å². The Morgan fingerprint density at radius 1 is 0.786 bits per heavy atom. The van der Waals surface area contributed by atoms with Crippen LogP contribution in [0.25, 0.3) is 10.8 Å². The number of rotatable bonds is 0. The van der Waals surface area contributed by atoms with Crippen molar-refractivity contribution in [1.29, 1.82) is 0 Å². The van der Waals surface area contributed by atoms with E-state index in [9.17, 15) is 0 Å². The maximum Gasteiger partial charge on any atom is 0.503 e. The van der Waals surface area contributed by atoms with Gasteiger partial charge in [0.2, 0.25) is 0 Å². The maximum atomic E-state index is 8.56. The molecule has 0 aliphatic rings. The SMILES string of the molecule is O=C(O)O.c1ccc2ccccc2c1. The van der Waals surface area contributed by atoms with Gasteiger partial charge in [0, 0.05) is 0 Å². The van der Waals surface area contributed by atoms with Gasteiger partial charge in [-0.15, -0.1) is 0 Å². The predicted molar refractivity (Wildman–Crippen MR) is 54.6 cm³/mol. The Labute approximate surface area is 81.2 Å². The summed E-state index contributed by atoms with van der Waals surface area (Å²) < 4.78 is 0. The molecule has 3 heteroatoms. The van der Waals surface area contributed by atoms with Crippen LogP contribution in [0, 0.1) is 0 Å². The fourth-order valence-electron chi connectivity index (χ4n) is 1.13. The number of carbonyl (C=O) groups is 1. The molecule has 0 saturated heterocycles. The third-order valence-corrected chi connectivity index (χ3v) is 1.66. The molecule has 0 aliphatic heterocycles. The van der Waals surface area contributed by atoms with Gasteiger partial charge in [0.05, 0.1) is 0 Å². The van der Waals surface area contributed by atoms with Gasteiger partial charge in [-0.05, 0) is 10.8 Å². The normalized spacial score (nSPS) is 8.86. The van der Waals surface area contributed by atoms with E-state index in [4.69, 9.17) is 15.0 Å². The van der Waals surface area contributed by atoms with E-state index in [0.717, 1.165) is 0 Å². The summed E-state index contributed by atoms with van der Waals surface area (Å²) in [6.45, 7) is 0. The summed E-state index contributed by atoms with van der Waals surface area (Å²) >= 11 is 0. The van der Waals surface area contributed by atoms with Gasteiger partial charge in [-0.25, -0.2) is 4.79 Å². The average Bonchev–Trinajstić information content (AvgIpc) is 2.17. The zero-order chi connectivity index (χ0) is 10.4. The Bertz CT molecular complexity index is 354. The summed E-state index contributed by atoms with van der Waals surface area (Å²) in [7, 11) is 0. The molecule has 2 N–H and O–H groups in total. The molecule has 72 valence electrons. The van der Waals surface area contributed by atoms with Crippen molar-refractivity contribution < 1.29 is 15.0 Å². The summed E-state index contributed by atoms with van der Waals surface area (Å²) in [5.74, 6) is 0. The second-order valence-corrected chi connectivity index (χ2v) is 2.63. The minimum Gasteiger partial charge on any atom is -0.450 e. The van der Waals surface area contributed by atoms with Crippen LogP contribution in [0.2, 0.25) is 0 Å². The van der Waals surface area contributed by atoms with Crippen molar-refractivity contribution in [3.8, 4) is 0 Å². The fourth-order valence-corrected chi connectivity index (χ4v) is 1.13. The molecule has 2 aromatic carbocycles. The van der Waals surface area contributed by atoms with Gasteiger partial charge in [-0.3, -0.25) is 0 Å². The summed E-state index contributed by atoms with van der Waals surface area (Å²) in [6, 6.07) is 16.7. The van der Waals surface area contributed by atoms with Crippen LogP contribution >= 0.6 is 0 Å². The van der Waals surface area contributed by atoms with E-state index in [1.807, 2.05) is 0 Å². The lowest BCUT2D eigenvalue weighted by Gasteiger charge is -1.92. The molecular formula is C11H10O3. The molecule has 3 nitrogen and oxygen atoms in total. The average molecular weight is 190 g/mol. The highest BCUT2D eigenvalue weighted by atomic mass is 16.6. The Kier molecular flexibility index (Phi) is 3.49. The summed E-state index contributed by atoms with van der Waals surface area (Å²) in [5.41, 5.74) is 0. The third-order valence-electron chi connectivity index (χ3n) is 1.66. The van der Waals surface area contributed by atoms with Gasteiger partial charge in [0.1, 0.15) is 0 Å². The number of benzene rings is 2. The van der Waals surface area contributed by atoms with E-state index in [-0.39, 0.29) is 0 Å². The van der Waals surface area contributed by atoms with Gasteiger partial charge >= 0.3 is 6.16 Å². The molecule has 0 bridgehead atoms. The van der Waals surface area contributed by atoms with Crippen molar-refractivity contribution in [2.45, 2.75) is 0 Å². The largest absolute Gasteiger partial charge is 0.503 e. The number of hydrogen-bond acceptors (Lipinski definition) is 1. The fraction of sp³-hybridized carbons (Fsp3) is 0. The van der Waals surface area contributed by atoms with Crippen molar-refractivity contribution in [1.82, 2.24) is 0 Å². The Morgan fingerprint density at radius 3 is 1.21 bits per heavy atom. The lowest BCUT2D eigenvalue weighted by Crippen LogP contribution is -1.81.